The number of benzene rings is 2. The molecule has 3 rings (SSSR count). The first-order valence-electron chi connectivity index (χ1n) is 7.84. The standard InChI is InChI=1S/C19H18N4OS/c1-12-13(2)21-17(20-12)15-9-6-10-16(11-15)22-19(25)23-18(24)14-7-4-3-5-8-14/h3-11H,1-2H3,(H,20,21)(H2,22,23,24,25). The molecule has 0 aliphatic heterocycles. The van der Waals surface area contributed by atoms with Crippen LogP contribution in [0, 0.1) is 13.8 Å². The molecule has 2 aromatic carbocycles. The van der Waals surface area contributed by atoms with E-state index in [1.165, 1.54) is 0 Å². The maximum absolute atomic E-state index is 12.1. The van der Waals surface area contributed by atoms with Crippen LogP contribution in [0.15, 0.2) is 54.6 Å². The summed E-state index contributed by atoms with van der Waals surface area (Å²) in [4.78, 5) is 19.9. The summed E-state index contributed by atoms with van der Waals surface area (Å²) in [7, 11) is 0. The lowest BCUT2D eigenvalue weighted by Crippen LogP contribution is -2.34. The van der Waals surface area contributed by atoms with E-state index in [-0.39, 0.29) is 11.0 Å². The molecule has 3 N–H and O–H groups in total. The number of nitrogens with zero attached hydrogens (tertiary/aromatic N) is 1. The monoisotopic (exact) mass is 350 g/mol. The predicted molar refractivity (Wildman–Crippen MR) is 104 cm³/mol. The van der Waals surface area contributed by atoms with Gasteiger partial charge in [-0.05, 0) is 50.3 Å². The fraction of sp³-hybridized carbons (Fsp3) is 0.105. The zero-order chi connectivity index (χ0) is 17.8. The number of thiocarbonyl (C=S) groups is 1. The third-order valence-electron chi connectivity index (χ3n) is 3.79. The molecule has 1 heterocycles. The van der Waals surface area contributed by atoms with Crippen LogP contribution in [-0.4, -0.2) is 21.0 Å². The summed E-state index contributed by atoms with van der Waals surface area (Å²) in [5.74, 6) is 0.560. The molecular weight excluding hydrogens is 332 g/mol. The third-order valence-corrected chi connectivity index (χ3v) is 3.99. The Labute approximate surface area is 151 Å². The minimum Gasteiger partial charge on any atom is -0.342 e. The average Bonchev–Trinajstić information content (AvgIpc) is 2.95. The second kappa shape index (κ2) is 7.27. The van der Waals surface area contributed by atoms with Gasteiger partial charge in [0.25, 0.3) is 5.91 Å². The summed E-state index contributed by atoms with van der Waals surface area (Å²) >= 11 is 5.23. The Balaban J connectivity index is 1.69. The van der Waals surface area contributed by atoms with Gasteiger partial charge >= 0.3 is 0 Å². The molecule has 0 spiro atoms. The van der Waals surface area contributed by atoms with Crippen molar-refractivity contribution in [2.75, 3.05) is 5.32 Å². The Morgan fingerprint density at radius 2 is 1.84 bits per heavy atom. The van der Waals surface area contributed by atoms with Crippen LogP contribution in [0.4, 0.5) is 5.69 Å². The predicted octanol–water partition coefficient (Wildman–Crippen LogP) is 3.82. The highest BCUT2D eigenvalue weighted by Crippen LogP contribution is 2.21. The normalized spacial score (nSPS) is 10.3. The Kier molecular flexibility index (Phi) is 4.90. The van der Waals surface area contributed by atoms with E-state index in [4.69, 9.17) is 12.2 Å². The Morgan fingerprint density at radius 1 is 1.08 bits per heavy atom. The summed E-state index contributed by atoms with van der Waals surface area (Å²) < 4.78 is 0. The number of rotatable bonds is 3. The molecule has 6 heteroatoms. The van der Waals surface area contributed by atoms with E-state index in [2.05, 4.69) is 20.6 Å². The number of hydrogen-bond donors (Lipinski definition) is 3. The zero-order valence-corrected chi connectivity index (χ0v) is 14.8. The van der Waals surface area contributed by atoms with Crippen molar-refractivity contribution in [3.8, 4) is 11.4 Å². The molecule has 0 aliphatic rings. The fourth-order valence-electron chi connectivity index (χ4n) is 2.36. The van der Waals surface area contributed by atoms with E-state index in [0.29, 0.717) is 5.56 Å². The van der Waals surface area contributed by atoms with Gasteiger partial charge in [0.15, 0.2) is 5.11 Å². The molecule has 1 amide bonds. The first-order valence-corrected chi connectivity index (χ1v) is 8.25. The van der Waals surface area contributed by atoms with Crippen LogP contribution in [-0.2, 0) is 0 Å². The van der Waals surface area contributed by atoms with Crippen molar-refractivity contribution in [2.45, 2.75) is 13.8 Å². The Hall–Kier alpha value is -2.99. The second-order valence-corrected chi connectivity index (χ2v) is 6.06. The van der Waals surface area contributed by atoms with Gasteiger partial charge in [0.2, 0.25) is 0 Å². The molecule has 25 heavy (non-hydrogen) atoms. The lowest BCUT2D eigenvalue weighted by Gasteiger charge is -2.10. The Bertz CT molecular complexity index is 899. The highest BCUT2D eigenvalue weighted by Gasteiger charge is 2.09. The van der Waals surface area contributed by atoms with Gasteiger partial charge in [0, 0.05) is 22.5 Å². The van der Waals surface area contributed by atoms with Gasteiger partial charge in [-0.2, -0.15) is 0 Å². The van der Waals surface area contributed by atoms with E-state index in [1.807, 2.05) is 56.3 Å². The van der Waals surface area contributed by atoms with E-state index in [0.717, 1.165) is 28.5 Å². The minimum absolute atomic E-state index is 0.244. The van der Waals surface area contributed by atoms with Crippen molar-refractivity contribution in [2.24, 2.45) is 0 Å². The molecule has 3 aromatic rings. The van der Waals surface area contributed by atoms with Crippen LogP contribution < -0.4 is 10.6 Å². The number of aryl methyl sites for hydroxylation is 2. The van der Waals surface area contributed by atoms with Gasteiger partial charge in [-0.1, -0.05) is 30.3 Å². The molecule has 0 atom stereocenters. The van der Waals surface area contributed by atoms with Crippen molar-refractivity contribution in [1.82, 2.24) is 15.3 Å². The number of carbonyl (C=O) groups excluding carboxylic acids is 1. The number of hydrogen-bond acceptors (Lipinski definition) is 3. The molecule has 5 nitrogen and oxygen atoms in total. The van der Waals surface area contributed by atoms with E-state index < -0.39 is 0 Å². The molecule has 0 saturated carbocycles. The average molecular weight is 350 g/mol. The summed E-state index contributed by atoms with van der Waals surface area (Å²) in [5, 5.41) is 5.96. The largest absolute Gasteiger partial charge is 0.342 e. The maximum Gasteiger partial charge on any atom is 0.257 e. The number of aromatic amines is 1. The van der Waals surface area contributed by atoms with Gasteiger partial charge in [-0.3, -0.25) is 10.1 Å². The van der Waals surface area contributed by atoms with Crippen LogP contribution in [0.1, 0.15) is 21.7 Å². The van der Waals surface area contributed by atoms with Crippen LogP contribution in [0.25, 0.3) is 11.4 Å². The SMILES string of the molecule is Cc1nc(-c2cccc(NC(=S)NC(=O)c3ccccc3)c2)[nH]c1C. The Morgan fingerprint density at radius 3 is 2.52 bits per heavy atom. The van der Waals surface area contributed by atoms with Gasteiger partial charge < -0.3 is 10.3 Å². The molecule has 0 radical (unpaired) electrons. The number of aromatic nitrogens is 2. The highest BCUT2D eigenvalue weighted by molar-refractivity contribution is 7.80. The van der Waals surface area contributed by atoms with Gasteiger partial charge in [0.1, 0.15) is 5.82 Å². The molecule has 0 saturated heterocycles. The minimum atomic E-state index is -0.244. The number of H-pyrrole nitrogens is 1. The number of carbonyl (C=O) groups is 1. The van der Waals surface area contributed by atoms with E-state index in [9.17, 15) is 4.79 Å². The zero-order valence-electron chi connectivity index (χ0n) is 14.0. The van der Waals surface area contributed by atoms with Gasteiger partial charge in [0.05, 0.1) is 5.69 Å². The van der Waals surface area contributed by atoms with Gasteiger partial charge in [-0.25, -0.2) is 4.98 Å². The van der Waals surface area contributed by atoms with Crippen LogP contribution in [0.5, 0.6) is 0 Å². The fourth-order valence-corrected chi connectivity index (χ4v) is 2.57. The lowest BCUT2D eigenvalue weighted by atomic mass is 10.2. The van der Waals surface area contributed by atoms with Crippen LogP contribution in [0.2, 0.25) is 0 Å². The van der Waals surface area contributed by atoms with Crippen molar-refractivity contribution >= 4 is 28.9 Å². The molecule has 0 aliphatic carbocycles. The number of amides is 1. The van der Waals surface area contributed by atoms with E-state index >= 15 is 0 Å². The number of imidazole rings is 1. The second-order valence-electron chi connectivity index (χ2n) is 5.65. The first-order chi connectivity index (χ1) is 12.0. The van der Waals surface area contributed by atoms with Gasteiger partial charge in [-0.15, -0.1) is 0 Å². The van der Waals surface area contributed by atoms with Crippen molar-refractivity contribution in [3.63, 3.8) is 0 Å². The topological polar surface area (TPSA) is 69.8 Å². The third kappa shape index (κ3) is 4.10. The van der Waals surface area contributed by atoms with E-state index in [1.54, 1.807) is 12.1 Å². The molecule has 0 unspecified atom stereocenters. The summed E-state index contributed by atoms with van der Waals surface area (Å²) in [6, 6.07) is 16.6. The van der Waals surface area contributed by atoms with Crippen molar-refractivity contribution in [3.05, 3.63) is 71.5 Å². The number of anilines is 1. The highest BCUT2D eigenvalue weighted by atomic mass is 32.1. The summed E-state index contributed by atoms with van der Waals surface area (Å²) in [6.45, 7) is 3.95. The first kappa shape index (κ1) is 16.9. The smallest absolute Gasteiger partial charge is 0.257 e. The molecule has 126 valence electrons. The van der Waals surface area contributed by atoms with Crippen LogP contribution >= 0.6 is 12.2 Å². The van der Waals surface area contributed by atoms with Crippen molar-refractivity contribution in [1.29, 1.82) is 0 Å². The molecule has 0 fully saturated rings. The lowest BCUT2D eigenvalue weighted by molar-refractivity contribution is 0.0977. The number of nitrogens with one attached hydrogen (secondary N) is 3. The van der Waals surface area contributed by atoms with Crippen molar-refractivity contribution < 1.29 is 4.79 Å². The summed E-state index contributed by atoms with van der Waals surface area (Å²) in [5.41, 5.74) is 4.29. The maximum atomic E-state index is 12.1. The summed E-state index contributed by atoms with van der Waals surface area (Å²) in [6.07, 6.45) is 0. The van der Waals surface area contributed by atoms with Crippen LogP contribution in [0.3, 0.4) is 0 Å². The molecule has 0 bridgehead atoms. The quantitative estimate of drug-likeness (QED) is 0.628. The molecular formula is C19H18N4OS. The molecule has 1 aromatic heterocycles.